The molecule has 1 rings (SSSR count). The van der Waals surface area contributed by atoms with Crippen LogP contribution < -0.4 is 0 Å². The molecule has 0 amide bonds. The summed E-state index contributed by atoms with van der Waals surface area (Å²) < 4.78 is 0. The standard InChI is InChI=1S/C19H26O/c1-5-13-19(4,14-9-10-16(2)3)15-18(20)17-11-7-6-8-12-17/h5-8,10-12H,1,9,13-15H2,2-4H3. The Kier molecular flexibility index (Phi) is 6.44. The predicted octanol–water partition coefficient (Wildman–Crippen LogP) is 5.59. The van der Waals surface area contributed by atoms with E-state index in [0.717, 1.165) is 24.8 Å². The van der Waals surface area contributed by atoms with Gasteiger partial charge in [-0.1, -0.05) is 55.0 Å². The summed E-state index contributed by atoms with van der Waals surface area (Å²) >= 11 is 0. The molecule has 0 saturated heterocycles. The Balaban J connectivity index is 2.72. The van der Waals surface area contributed by atoms with Gasteiger partial charge in [0.1, 0.15) is 0 Å². The van der Waals surface area contributed by atoms with Crippen LogP contribution >= 0.6 is 0 Å². The first-order valence-corrected chi connectivity index (χ1v) is 7.29. The van der Waals surface area contributed by atoms with E-state index in [9.17, 15) is 4.79 Å². The fraction of sp³-hybridized carbons (Fsp3) is 0.421. The van der Waals surface area contributed by atoms with Crippen molar-refractivity contribution in [2.24, 2.45) is 5.41 Å². The summed E-state index contributed by atoms with van der Waals surface area (Å²) in [6.07, 6.45) is 7.68. The molecule has 0 aliphatic heterocycles. The molecule has 1 atom stereocenters. The second-order valence-electron chi connectivity index (χ2n) is 6.09. The van der Waals surface area contributed by atoms with Crippen molar-refractivity contribution in [1.29, 1.82) is 0 Å². The molecule has 1 heteroatoms. The Labute approximate surface area is 123 Å². The van der Waals surface area contributed by atoms with Crippen molar-refractivity contribution in [3.63, 3.8) is 0 Å². The number of carbonyl (C=O) groups excluding carboxylic acids is 1. The fourth-order valence-electron chi connectivity index (χ4n) is 2.43. The first-order chi connectivity index (χ1) is 9.47. The lowest BCUT2D eigenvalue weighted by molar-refractivity contribution is 0.0916. The van der Waals surface area contributed by atoms with Crippen LogP contribution in [0, 0.1) is 5.41 Å². The number of allylic oxidation sites excluding steroid dienone is 3. The maximum atomic E-state index is 12.4. The molecule has 0 radical (unpaired) electrons. The van der Waals surface area contributed by atoms with Gasteiger partial charge >= 0.3 is 0 Å². The molecule has 1 unspecified atom stereocenters. The Morgan fingerprint density at radius 2 is 1.90 bits per heavy atom. The van der Waals surface area contributed by atoms with Gasteiger partial charge in [-0.05, 0) is 38.5 Å². The van der Waals surface area contributed by atoms with E-state index in [1.54, 1.807) is 0 Å². The van der Waals surface area contributed by atoms with E-state index in [0.29, 0.717) is 6.42 Å². The van der Waals surface area contributed by atoms with Gasteiger partial charge in [-0.2, -0.15) is 0 Å². The van der Waals surface area contributed by atoms with Crippen molar-refractivity contribution in [3.8, 4) is 0 Å². The molecule has 1 aromatic carbocycles. The number of ketones is 1. The van der Waals surface area contributed by atoms with Crippen molar-refractivity contribution < 1.29 is 4.79 Å². The quantitative estimate of drug-likeness (QED) is 0.444. The number of Topliss-reactive ketones (excluding diaryl/α,β-unsaturated/α-hetero) is 1. The monoisotopic (exact) mass is 270 g/mol. The van der Waals surface area contributed by atoms with Gasteiger partial charge in [0, 0.05) is 12.0 Å². The number of rotatable bonds is 8. The van der Waals surface area contributed by atoms with Crippen LogP contribution in [0.2, 0.25) is 0 Å². The third-order valence-corrected chi connectivity index (χ3v) is 3.62. The van der Waals surface area contributed by atoms with Gasteiger partial charge in [-0.3, -0.25) is 4.79 Å². The lowest BCUT2D eigenvalue weighted by Crippen LogP contribution is -2.20. The van der Waals surface area contributed by atoms with Crippen LogP contribution in [0.15, 0.2) is 54.6 Å². The first-order valence-electron chi connectivity index (χ1n) is 7.29. The van der Waals surface area contributed by atoms with Gasteiger partial charge in [0.15, 0.2) is 5.78 Å². The summed E-state index contributed by atoms with van der Waals surface area (Å²) in [6.45, 7) is 10.3. The third-order valence-electron chi connectivity index (χ3n) is 3.62. The summed E-state index contributed by atoms with van der Waals surface area (Å²) in [4.78, 5) is 12.4. The predicted molar refractivity (Wildman–Crippen MR) is 87.0 cm³/mol. The average Bonchev–Trinajstić information content (AvgIpc) is 2.39. The molecule has 0 saturated carbocycles. The van der Waals surface area contributed by atoms with E-state index in [2.05, 4.69) is 33.4 Å². The largest absolute Gasteiger partial charge is 0.294 e. The van der Waals surface area contributed by atoms with Crippen LogP contribution in [0.3, 0.4) is 0 Å². The molecule has 0 N–H and O–H groups in total. The van der Waals surface area contributed by atoms with E-state index >= 15 is 0 Å². The molecule has 0 bridgehead atoms. The zero-order valence-electron chi connectivity index (χ0n) is 13.0. The number of carbonyl (C=O) groups is 1. The molecular weight excluding hydrogens is 244 g/mol. The van der Waals surface area contributed by atoms with Gasteiger partial charge in [0.05, 0.1) is 0 Å². The second-order valence-corrected chi connectivity index (χ2v) is 6.09. The molecule has 108 valence electrons. The summed E-state index contributed by atoms with van der Waals surface area (Å²) in [6, 6.07) is 9.57. The summed E-state index contributed by atoms with van der Waals surface area (Å²) in [5.41, 5.74) is 2.14. The number of hydrogen-bond acceptors (Lipinski definition) is 1. The highest BCUT2D eigenvalue weighted by Crippen LogP contribution is 2.34. The summed E-state index contributed by atoms with van der Waals surface area (Å²) in [7, 11) is 0. The molecule has 1 aromatic rings. The van der Waals surface area contributed by atoms with Gasteiger partial charge in [-0.25, -0.2) is 0 Å². The number of benzene rings is 1. The lowest BCUT2D eigenvalue weighted by Gasteiger charge is -2.27. The van der Waals surface area contributed by atoms with E-state index in [-0.39, 0.29) is 11.2 Å². The molecule has 1 nitrogen and oxygen atoms in total. The molecule has 0 aliphatic carbocycles. The topological polar surface area (TPSA) is 17.1 Å². The third kappa shape index (κ3) is 5.56. The van der Waals surface area contributed by atoms with Gasteiger partial charge in [0.2, 0.25) is 0 Å². The molecule has 0 fully saturated rings. The maximum absolute atomic E-state index is 12.4. The van der Waals surface area contributed by atoms with Crippen LogP contribution in [0.4, 0.5) is 0 Å². The van der Waals surface area contributed by atoms with Crippen LogP contribution in [0.25, 0.3) is 0 Å². The molecular formula is C19H26O. The second kappa shape index (κ2) is 7.84. The minimum atomic E-state index is 0.000620. The molecule has 0 heterocycles. The van der Waals surface area contributed by atoms with Gasteiger partial charge in [0.25, 0.3) is 0 Å². The highest BCUT2D eigenvalue weighted by atomic mass is 16.1. The van der Waals surface area contributed by atoms with Crippen molar-refractivity contribution >= 4 is 5.78 Å². The minimum Gasteiger partial charge on any atom is -0.294 e. The Morgan fingerprint density at radius 1 is 1.25 bits per heavy atom. The van der Waals surface area contributed by atoms with Crippen LogP contribution in [0.1, 0.15) is 56.8 Å². The first kappa shape index (κ1) is 16.4. The molecule has 20 heavy (non-hydrogen) atoms. The summed E-state index contributed by atoms with van der Waals surface area (Å²) in [5, 5.41) is 0. The Hall–Kier alpha value is -1.63. The van der Waals surface area contributed by atoms with Crippen LogP contribution in [-0.4, -0.2) is 5.78 Å². The minimum absolute atomic E-state index is 0.000620. The van der Waals surface area contributed by atoms with Crippen molar-refractivity contribution in [1.82, 2.24) is 0 Å². The van der Waals surface area contributed by atoms with E-state index in [4.69, 9.17) is 0 Å². The zero-order valence-corrected chi connectivity index (χ0v) is 13.0. The fourth-order valence-corrected chi connectivity index (χ4v) is 2.43. The van der Waals surface area contributed by atoms with Crippen LogP contribution in [-0.2, 0) is 0 Å². The SMILES string of the molecule is C=CCC(C)(CCC=C(C)C)CC(=O)c1ccccc1. The molecule has 0 aromatic heterocycles. The highest BCUT2D eigenvalue weighted by Gasteiger charge is 2.26. The maximum Gasteiger partial charge on any atom is 0.163 e. The highest BCUT2D eigenvalue weighted by molar-refractivity contribution is 5.96. The van der Waals surface area contributed by atoms with E-state index < -0.39 is 0 Å². The van der Waals surface area contributed by atoms with Crippen molar-refractivity contribution in [2.75, 3.05) is 0 Å². The van der Waals surface area contributed by atoms with Crippen molar-refractivity contribution in [2.45, 2.75) is 46.5 Å². The molecule has 0 aliphatic rings. The van der Waals surface area contributed by atoms with Crippen molar-refractivity contribution in [3.05, 3.63) is 60.2 Å². The van der Waals surface area contributed by atoms with Gasteiger partial charge in [-0.15, -0.1) is 6.58 Å². The summed E-state index contributed by atoms with van der Waals surface area (Å²) in [5.74, 6) is 0.229. The Bertz CT molecular complexity index is 466. The van der Waals surface area contributed by atoms with E-state index in [1.807, 2.05) is 36.4 Å². The normalized spacial score (nSPS) is 13.3. The van der Waals surface area contributed by atoms with Gasteiger partial charge < -0.3 is 0 Å². The molecule has 0 spiro atoms. The van der Waals surface area contributed by atoms with Crippen LogP contribution in [0.5, 0.6) is 0 Å². The number of hydrogen-bond donors (Lipinski definition) is 0. The zero-order chi connectivity index (χ0) is 15.0. The lowest BCUT2D eigenvalue weighted by atomic mass is 9.77. The van der Waals surface area contributed by atoms with E-state index in [1.165, 1.54) is 5.57 Å². The Morgan fingerprint density at radius 3 is 2.45 bits per heavy atom. The smallest absolute Gasteiger partial charge is 0.163 e. The average molecular weight is 270 g/mol.